The first-order valence-electron chi connectivity index (χ1n) is 12.9. The molecule has 1 aliphatic heterocycles. The van der Waals surface area contributed by atoms with Gasteiger partial charge in [0.05, 0.1) is 22.0 Å². The fourth-order valence-corrected chi connectivity index (χ4v) is 16.9. The van der Waals surface area contributed by atoms with Crippen molar-refractivity contribution in [2.24, 2.45) is 5.92 Å². The molecule has 1 aromatic rings. The number of nitrogens with one attached hydrogen (secondary N) is 1. The van der Waals surface area contributed by atoms with Gasteiger partial charge in [0.1, 0.15) is 11.8 Å². The van der Waals surface area contributed by atoms with Crippen molar-refractivity contribution in [2.45, 2.75) is 96.1 Å². The first kappa shape index (κ1) is 29.4. The van der Waals surface area contributed by atoms with E-state index in [2.05, 4.69) is 60.7 Å². The Morgan fingerprint density at radius 1 is 0.919 bits per heavy atom. The summed E-state index contributed by atoms with van der Waals surface area (Å²) in [6.07, 6.45) is -0.378. The lowest BCUT2D eigenvalue weighted by Gasteiger charge is -2.51. The number of nitro groups is 2. The SMILES string of the molecule is CC(C)[Si]1(C(C)C)OCC2CC(Nc3ccc([N+](=O)[O-])cc3[N+](=O)[O-])C(=O)C2O[Si](C(C)C)(C(C)C)O1. The van der Waals surface area contributed by atoms with Crippen molar-refractivity contribution in [1.29, 1.82) is 0 Å². The number of nitro benzene ring substituents is 2. The van der Waals surface area contributed by atoms with E-state index in [0.717, 1.165) is 6.07 Å². The van der Waals surface area contributed by atoms with Crippen molar-refractivity contribution >= 4 is 40.0 Å². The molecule has 1 saturated heterocycles. The molecule has 13 heteroatoms. The molecule has 1 aliphatic carbocycles. The zero-order chi connectivity index (χ0) is 27.9. The van der Waals surface area contributed by atoms with E-state index in [1.54, 1.807) is 0 Å². The molecule has 0 spiro atoms. The van der Waals surface area contributed by atoms with Crippen LogP contribution in [0.3, 0.4) is 0 Å². The highest BCUT2D eigenvalue weighted by Gasteiger charge is 2.61. The van der Waals surface area contributed by atoms with Gasteiger partial charge < -0.3 is 18.3 Å². The first-order valence-corrected chi connectivity index (χ1v) is 16.9. The monoisotopic (exact) mass is 553 g/mol. The van der Waals surface area contributed by atoms with Gasteiger partial charge in [-0.3, -0.25) is 25.0 Å². The molecular formula is C24H39N3O8Si2. The third-order valence-corrected chi connectivity index (χ3v) is 17.9. The number of non-ortho nitro benzene ring substituents is 1. The van der Waals surface area contributed by atoms with Crippen LogP contribution in [0.1, 0.15) is 61.8 Å². The van der Waals surface area contributed by atoms with Crippen LogP contribution in [-0.4, -0.2) is 51.5 Å². The number of ketones is 1. The van der Waals surface area contributed by atoms with E-state index in [1.165, 1.54) is 12.1 Å². The van der Waals surface area contributed by atoms with Crippen molar-refractivity contribution in [2.75, 3.05) is 11.9 Å². The van der Waals surface area contributed by atoms with E-state index in [4.69, 9.17) is 13.0 Å². The van der Waals surface area contributed by atoms with Crippen LogP contribution in [0, 0.1) is 26.1 Å². The summed E-state index contributed by atoms with van der Waals surface area (Å²) in [4.78, 5) is 35.1. The lowest BCUT2D eigenvalue weighted by atomic mass is 10.1. The number of hydrogen-bond donors (Lipinski definition) is 1. The highest BCUT2D eigenvalue weighted by Crippen LogP contribution is 2.48. The van der Waals surface area contributed by atoms with Gasteiger partial charge in [-0.05, 0) is 34.7 Å². The smallest absolute Gasteiger partial charge is 0.335 e. The number of rotatable bonds is 8. The maximum absolute atomic E-state index is 13.7. The summed E-state index contributed by atoms with van der Waals surface area (Å²) in [6.45, 7) is 17.1. The minimum absolute atomic E-state index is 0.0599. The van der Waals surface area contributed by atoms with Crippen molar-refractivity contribution in [3.8, 4) is 0 Å². The summed E-state index contributed by atoms with van der Waals surface area (Å²) in [7, 11) is -5.72. The molecule has 2 fully saturated rings. The Morgan fingerprint density at radius 3 is 1.97 bits per heavy atom. The molecule has 1 N–H and O–H groups in total. The van der Waals surface area contributed by atoms with Gasteiger partial charge in [0.15, 0.2) is 5.78 Å². The number of Topliss-reactive ketones (excluding diaryl/α,β-unsaturated/α-hetero) is 1. The maximum atomic E-state index is 13.7. The highest BCUT2D eigenvalue weighted by molar-refractivity contribution is 6.84. The molecule has 3 rings (SSSR count). The number of benzene rings is 1. The Hall–Kier alpha value is -2.20. The van der Waals surface area contributed by atoms with E-state index in [1.807, 2.05) is 0 Å². The normalized spacial score (nSPS) is 25.3. The molecule has 3 unspecified atom stereocenters. The lowest BCUT2D eigenvalue weighted by Crippen LogP contribution is -2.64. The van der Waals surface area contributed by atoms with Gasteiger partial charge in [0.2, 0.25) is 0 Å². The molecule has 1 heterocycles. The van der Waals surface area contributed by atoms with Crippen LogP contribution < -0.4 is 5.32 Å². The first-order chi connectivity index (χ1) is 17.2. The van der Waals surface area contributed by atoms with E-state index in [9.17, 15) is 25.0 Å². The topological polar surface area (TPSA) is 143 Å². The van der Waals surface area contributed by atoms with Crippen LogP contribution in [0.2, 0.25) is 22.2 Å². The zero-order valence-corrected chi connectivity index (χ0v) is 24.8. The fourth-order valence-electron chi connectivity index (χ4n) is 5.66. The summed E-state index contributed by atoms with van der Waals surface area (Å²) in [5.74, 6) is -0.439. The second-order valence-corrected chi connectivity index (χ2v) is 20.2. The third-order valence-electron chi connectivity index (χ3n) is 7.68. The Kier molecular flexibility index (Phi) is 8.64. The summed E-state index contributed by atoms with van der Waals surface area (Å²) in [5.41, 5.74) is -0.310. The van der Waals surface area contributed by atoms with Gasteiger partial charge in [-0.1, -0.05) is 55.4 Å². The van der Waals surface area contributed by atoms with Crippen LogP contribution in [0.4, 0.5) is 17.1 Å². The van der Waals surface area contributed by atoms with Gasteiger partial charge in [-0.2, -0.15) is 0 Å². The minimum atomic E-state index is -2.97. The molecule has 206 valence electrons. The van der Waals surface area contributed by atoms with E-state index in [0.29, 0.717) is 13.0 Å². The maximum Gasteiger partial charge on any atom is 0.335 e. The van der Waals surface area contributed by atoms with Crippen LogP contribution in [0.15, 0.2) is 18.2 Å². The second-order valence-electron chi connectivity index (χ2n) is 11.3. The van der Waals surface area contributed by atoms with Crippen molar-refractivity contribution in [3.63, 3.8) is 0 Å². The molecule has 0 amide bonds. The molecule has 0 aromatic heterocycles. The quantitative estimate of drug-likeness (QED) is 0.239. The van der Waals surface area contributed by atoms with E-state index in [-0.39, 0.29) is 45.2 Å². The average Bonchev–Trinajstić information content (AvgIpc) is 3.06. The number of nitrogens with zero attached hydrogens (tertiary/aromatic N) is 2. The van der Waals surface area contributed by atoms with Gasteiger partial charge in [0, 0.05) is 18.6 Å². The summed E-state index contributed by atoms with van der Waals surface area (Å²) < 4.78 is 20.7. The Morgan fingerprint density at radius 2 is 1.49 bits per heavy atom. The molecule has 11 nitrogen and oxygen atoms in total. The molecular weight excluding hydrogens is 514 g/mol. The van der Waals surface area contributed by atoms with Gasteiger partial charge in [-0.25, -0.2) is 0 Å². The van der Waals surface area contributed by atoms with Gasteiger partial charge >= 0.3 is 17.1 Å². The van der Waals surface area contributed by atoms with Crippen molar-refractivity contribution in [3.05, 3.63) is 38.4 Å². The predicted octanol–water partition coefficient (Wildman–Crippen LogP) is 5.83. The summed E-state index contributed by atoms with van der Waals surface area (Å²) in [6, 6.07) is 2.61. The standard InChI is InChI=1S/C24H39N3O8Si2/c1-14(2)36(15(3)4)33-13-18-11-21(23(28)24(18)34-37(35-36,16(5)6)17(7)8)25-20-10-9-19(26(29)30)12-22(20)27(31)32/h9-10,12,14-18,21,24-25H,11,13H2,1-8H3. The van der Waals surface area contributed by atoms with Crippen molar-refractivity contribution in [1.82, 2.24) is 0 Å². The summed E-state index contributed by atoms with van der Waals surface area (Å²) in [5, 5.41) is 25.7. The van der Waals surface area contributed by atoms with Gasteiger partial charge in [0.25, 0.3) is 11.4 Å². The summed E-state index contributed by atoms with van der Waals surface area (Å²) >= 11 is 0. The zero-order valence-electron chi connectivity index (χ0n) is 22.8. The lowest BCUT2D eigenvalue weighted by molar-refractivity contribution is -0.393. The van der Waals surface area contributed by atoms with Crippen LogP contribution in [-0.2, 0) is 17.8 Å². The predicted molar refractivity (Wildman–Crippen MR) is 144 cm³/mol. The van der Waals surface area contributed by atoms with E-state index >= 15 is 0 Å². The van der Waals surface area contributed by atoms with Crippen LogP contribution in [0.5, 0.6) is 0 Å². The van der Waals surface area contributed by atoms with Gasteiger partial charge in [-0.15, -0.1) is 0 Å². The molecule has 2 aliphatic rings. The molecule has 37 heavy (non-hydrogen) atoms. The molecule has 1 aromatic carbocycles. The largest absolute Gasteiger partial charge is 0.414 e. The Labute approximate surface area is 220 Å². The number of carbonyl (C=O) groups excluding carboxylic acids is 1. The van der Waals surface area contributed by atoms with Crippen LogP contribution in [0.25, 0.3) is 0 Å². The molecule has 0 radical (unpaired) electrons. The third kappa shape index (κ3) is 5.37. The number of carbonyl (C=O) groups is 1. The number of hydrogen-bond acceptors (Lipinski definition) is 9. The Balaban J connectivity index is 2.00. The Bertz CT molecular complexity index is 1030. The highest BCUT2D eigenvalue weighted by atomic mass is 28.5. The second kappa shape index (κ2) is 10.9. The number of fused-ring (bicyclic) bond motifs is 1. The minimum Gasteiger partial charge on any atom is -0.414 e. The average molecular weight is 554 g/mol. The number of anilines is 1. The molecule has 0 bridgehead atoms. The molecule has 3 atom stereocenters. The van der Waals surface area contributed by atoms with E-state index < -0.39 is 44.8 Å². The fraction of sp³-hybridized carbons (Fsp3) is 0.708. The van der Waals surface area contributed by atoms with Crippen molar-refractivity contribution < 1.29 is 27.6 Å². The van der Waals surface area contributed by atoms with Crippen LogP contribution >= 0.6 is 0 Å². The molecule has 1 saturated carbocycles.